The fourth-order valence-corrected chi connectivity index (χ4v) is 1.18. The van der Waals surface area contributed by atoms with Crippen LogP contribution in [0, 0.1) is 0 Å². The molecule has 1 N–H and O–H groups in total. The van der Waals surface area contributed by atoms with Crippen LogP contribution in [0.2, 0.25) is 0 Å². The number of amides is 1. The molecule has 0 aromatic heterocycles. The monoisotopic (exact) mass is 287 g/mol. The lowest BCUT2D eigenvalue weighted by Crippen LogP contribution is -2.50. The Balaban J connectivity index is 4.76. The van der Waals surface area contributed by atoms with Crippen LogP contribution in [-0.4, -0.2) is 47.1 Å². The molecule has 0 unspecified atom stereocenters. The number of hydrogen-bond donors (Lipinski definition) is 1. The van der Waals surface area contributed by atoms with Crippen LogP contribution >= 0.6 is 12.2 Å². The Hall–Kier alpha value is -1.17. The van der Waals surface area contributed by atoms with Crippen LogP contribution in [-0.2, 0) is 4.74 Å². The molecule has 5 nitrogen and oxygen atoms in total. The summed E-state index contributed by atoms with van der Waals surface area (Å²) in [6.45, 7) is 10.9. The molecule has 0 aliphatic rings. The summed E-state index contributed by atoms with van der Waals surface area (Å²) >= 11 is 5.26. The van der Waals surface area contributed by atoms with Gasteiger partial charge in [0.25, 0.3) is 0 Å². The maximum Gasteiger partial charge on any atom is 0.408 e. The number of nitrogens with zero attached hydrogens (tertiary/aromatic N) is 2. The van der Waals surface area contributed by atoms with Crippen molar-refractivity contribution in [2.45, 2.75) is 52.7 Å². The van der Waals surface area contributed by atoms with E-state index in [4.69, 9.17) is 17.0 Å². The standard InChI is InChI=1S/C13H25N3O2S/c1-9(16(7)8)14-10(19)13(5,6)15-11(17)18-12(2,3)4/h1-8H3,(H,15,17)/b14-9-. The number of hydrogen-bond acceptors (Lipinski definition) is 3. The summed E-state index contributed by atoms with van der Waals surface area (Å²) in [5.74, 6) is 0.782. The minimum Gasteiger partial charge on any atom is -0.444 e. The lowest BCUT2D eigenvalue weighted by Gasteiger charge is -2.28. The maximum atomic E-state index is 11.7. The summed E-state index contributed by atoms with van der Waals surface area (Å²) < 4.78 is 5.21. The van der Waals surface area contributed by atoms with E-state index in [1.807, 2.05) is 46.7 Å². The third-order valence-corrected chi connectivity index (χ3v) is 2.86. The SMILES string of the molecule is C/C(=N/C(=S)C(C)(C)NC(=O)OC(C)(C)C)N(C)C. The minimum atomic E-state index is -0.741. The fraction of sp³-hybridized carbons (Fsp3) is 0.769. The van der Waals surface area contributed by atoms with E-state index in [1.54, 1.807) is 13.8 Å². The third kappa shape index (κ3) is 7.10. The van der Waals surface area contributed by atoms with Crippen LogP contribution in [0.4, 0.5) is 4.79 Å². The molecule has 6 heteroatoms. The molecule has 0 fully saturated rings. The van der Waals surface area contributed by atoms with E-state index in [0.29, 0.717) is 4.99 Å². The molecule has 0 heterocycles. The van der Waals surface area contributed by atoms with E-state index in [1.165, 1.54) is 0 Å². The Morgan fingerprint density at radius 1 is 1.21 bits per heavy atom. The summed E-state index contributed by atoms with van der Waals surface area (Å²) in [4.78, 5) is 18.3. The van der Waals surface area contributed by atoms with E-state index in [-0.39, 0.29) is 0 Å². The highest BCUT2D eigenvalue weighted by Gasteiger charge is 2.28. The molecule has 0 rings (SSSR count). The molecule has 1 amide bonds. The van der Waals surface area contributed by atoms with Crippen LogP contribution in [0.5, 0.6) is 0 Å². The third-order valence-electron chi connectivity index (χ3n) is 2.26. The van der Waals surface area contributed by atoms with E-state index < -0.39 is 17.2 Å². The van der Waals surface area contributed by atoms with Crippen molar-refractivity contribution in [3.05, 3.63) is 0 Å². The molecule has 0 saturated heterocycles. The second kappa shape index (κ2) is 6.32. The van der Waals surface area contributed by atoms with Crippen LogP contribution in [0.15, 0.2) is 4.99 Å². The first-order valence-corrected chi connectivity index (χ1v) is 6.54. The number of aliphatic imine (C=N–C) groups is 1. The van der Waals surface area contributed by atoms with Gasteiger partial charge in [-0.05, 0) is 41.5 Å². The second-order valence-electron chi connectivity index (χ2n) is 6.11. The van der Waals surface area contributed by atoms with E-state index >= 15 is 0 Å². The quantitative estimate of drug-likeness (QED) is 0.482. The molecule has 0 bridgehead atoms. The Morgan fingerprint density at radius 3 is 2.05 bits per heavy atom. The van der Waals surface area contributed by atoms with Crippen LogP contribution in [0.25, 0.3) is 0 Å². The highest BCUT2D eigenvalue weighted by atomic mass is 32.1. The maximum absolute atomic E-state index is 11.7. The largest absolute Gasteiger partial charge is 0.444 e. The zero-order valence-electron chi connectivity index (χ0n) is 13.1. The minimum absolute atomic E-state index is 0.407. The van der Waals surface area contributed by atoms with Gasteiger partial charge in [0, 0.05) is 14.1 Å². The van der Waals surface area contributed by atoms with Gasteiger partial charge in [0.1, 0.15) is 16.4 Å². The molecule has 0 aliphatic heterocycles. The van der Waals surface area contributed by atoms with Gasteiger partial charge in [0.2, 0.25) is 0 Å². The topological polar surface area (TPSA) is 53.9 Å². The number of thiocarbonyl (C=S) groups is 1. The van der Waals surface area contributed by atoms with Crippen molar-refractivity contribution in [2.75, 3.05) is 14.1 Å². The van der Waals surface area contributed by atoms with Crippen LogP contribution in [0.1, 0.15) is 41.5 Å². The first-order chi connectivity index (χ1) is 8.35. The number of carbonyl (C=O) groups excluding carboxylic acids is 1. The summed E-state index contributed by atoms with van der Waals surface area (Å²) in [5.41, 5.74) is -1.28. The Morgan fingerprint density at radius 2 is 1.68 bits per heavy atom. The van der Waals surface area contributed by atoms with Crippen molar-refractivity contribution < 1.29 is 9.53 Å². The van der Waals surface area contributed by atoms with Gasteiger partial charge in [-0.3, -0.25) is 0 Å². The lowest BCUT2D eigenvalue weighted by atomic mass is 10.1. The van der Waals surface area contributed by atoms with Crippen molar-refractivity contribution >= 4 is 29.1 Å². The smallest absolute Gasteiger partial charge is 0.408 e. The molecule has 0 radical (unpaired) electrons. The number of alkyl carbamates (subject to hydrolysis) is 1. The predicted molar refractivity (Wildman–Crippen MR) is 82.8 cm³/mol. The normalized spacial score (nSPS) is 12.9. The van der Waals surface area contributed by atoms with E-state index in [9.17, 15) is 4.79 Å². The molecule has 0 aliphatic carbocycles. The first kappa shape index (κ1) is 17.8. The van der Waals surface area contributed by atoms with Gasteiger partial charge < -0.3 is 15.0 Å². The highest BCUT2D eigenvalue weighted by Crippen LogP contribution is 2.12. The van der Waals surface area contributed by atoms with Gasteiger partial charge in [0.15, 0.2) is 0 Å². The molecule has 0 atom stereocenters. The van der Waals surface area contributed by atoms with Crippen LogP contribution < -0.4 is 5.32 Å². The molecule has 0 saturated carbocycles. The summed E-state index contributed by atoms with van der Waals surface area (Å²) in [6, 6.07) is 0. The number of amidine groups is 1. The number of carbonyl (C=O) groups is 1. The average Bonchev–Trinajstić information content (AvgIpc) is 2.12. The van der Waals surface area contributed by atoms with Crippen LogP contribution in [0.3, 0.4) is 0 Å². The zero-order chi connectivity index (χ0) is 15.4. The molecular weight excluding hydrogens is 262 g/mol. The second-order valence-corrected chi connectivity index (χ2v) is 6.50. The number of rotatable bonds is 2. The fourth-order valence-electron chi connectivity index (χ4n) is 0.999. The molecular formula is C13H25N3O2S. The van der Waals surface area contributed by atoms with Crippen molar-refractivity contribution in [1.29, 1.82) is 0 Å². The lowest BCUT2D eigenvalue weighted by molar-refractivity contribution is 0.0497. The van der Waals surface area contributed by atoms with Crippen molar-refractivity contribution in [3.63, 3.8) is 0 Å². The molecule has 0 aromatic rings. The van der Waals surface area contributed by atoms with Gasteiger partial charge in [-0.15, -0.1) is 0 Å². The summed E-state index contributed by atoms with van der Waals surface area (Å²) in [6.07, 6.45) is -0.502. The van der Waals surface area contributed by atoms with Crippen molar-refractivity contribution in [3.8, 4) is 0 Å². The Labute approximate surface area is 121 Å². The molecule has 0 aromatic carbocycles. The van der Waals surface area contributed by atoms with Gasteiger partial charge in [-0.1, -0.05) is 12.2 Å². The van der Waals surface area contributed by atoms with Gasteiger partial charge in [0.05, 0.1) is 5.54 Å². The number of nitrogens with one attached hydrogen (secondary N) is 1. The molecule has 110 valence electrons. The molecule has 19 heavy (non-hydrogen) atoms. The Bertz CT molecular complexity index is 382. The number of ether oxygens (including phenoxy) is 1. The Kier molecular flexibility index (Phi) is 5.93. The van der Waals surface area contributed by atoms with Crippen molar-refractivity contribution in [1.82, 2.24) is 10.2 Å². The summed E-state index contributed by atoms with van der Waals surface area (Å²) in [7, 11) is 3.77. The van der Waals surface area contributed by atoms with Gasteiger partial charge >= 0.3 is 6.09 Å². The van der Waals surface area contributed by atoms with Crippen molar-refractivity contribution in [2.24, 2.45) is 4.99 Å². The molecule has 0 spiro atoms. The van der Waals surface area contributed by atoms with Gasteiger partial charge in [-0.25, -0.2) is 9.79 Å². The first-order valence-electron chi connectivity index (χ1n) is 6.13. The predicted octanol–water partition coefficient (Wildman–Crippen LogP) is 2.60. The van der Waals surface area contributed by atoms with E-state index in [0.717, 1.165) is 5.84 Å². The summed E-state index contributed by atoms with van der Waals surface area (Å²) in [5, 5.41) is 2.73. The highest BCUT2D eigenvalue weighted by molar-refractivity contribution is 7.80. The van der Waals surface area contributed by atoms with Gasteiger partial charge in [-0.2, -0.15) is 0 Å². The van der Waals surface area contributed by atoms with E-state index in [2.05, 4.69) is 10.3 Å². The average molecular weight is 287 g/mol. The zero-order valence-corrected chi connectivity index (χ0v) is 13.9.